The summed E-state index contributed by atoms with van der Waals surface area (Å²) in [6, 6.07) is 19.3. The number of fused-ring (bicyclic) bond motifs is 1. The molecule has 0 atom stereocenters. The van der Waals surface area contributed by atoms with Gasteiger partial charge in [-0.15, -0.1) is 0 Å². The molecule has 3 aromatic carbocycles. The van der Waals surface area contributed by atoms with Crippen LogP contribution in [0.3, 0.4) is 0 Å². The Kier molecular flexibility index (Phi) is 7.76. The van der Waals surface area contributed by atoms with Crippen LogP contribution in [0.2, 0.25) is 13.1 Å². The lowest BCUT2D eigenvalue weighted by molar-refractivity contribution is 0.103. The Morgan fingerprint density at radius 2 is 1.76 bits per heavy atom. The third-order valence-corrected chi connectivity index (χ3v) is 8.14. The van der Waals surface area contributed by atoms with Crippen molar-refractivity contribution >= 4 is 37.5 Å². The lowest BCUT2D eigenvalue weighted by Gasteiger charge is -2.22. The molecule has 4 aromatic rings. The monoisotopic (exact) mass is 530 g/mol. The smallest absolute Gasteiger partial charge is 0.262 e. The molecule has 0 aliphatic carbocycles. The first-order valence-electron chi connectivity index (χ1n) is 12.5. The molecule has 7 heteroatoms. The van der Waals surface area contributed by atoms with Crippen molar-refractivity contribution in [2.75, 3.05) is 0 Å². The van der Waals surface area contributed by atoms with Gasteiger partial charge in [0.2, 0.25) is 9.04 Å². The van der Waals surface area contributed by atoms with Crippen molar-refractivity contribution in [3.05, 3.63) is 98.8 Å². The Bertz CT molecular complexity index is 1520. The van der Waals surface area contributed by atoms with E-state index in [1.165, 1.54) is 11.8 Å². The maximum absolute atomic E-state index is 13.4. The van der Waals surface area contributed by atoms with E-state index >= 15 is 0 Å². The van der Waals surface area contributed by atoms with Crippen LogP contribution in [0.5, 0.6) is 5.75 Å². The first kappa shape index (κ1) is 26.9. The van der Waals surface area contributed by atoms with Crippen molar-refractivity contribution in [1.82, 2.24) is 9.55 Å². The molecule has 0 bridgehead atoms. The van der Waals surface area contributed by atoms with Gasteiger partial charge in [-0.1, -0.05) is 75.0 Å². The van der Waals surface area contributed by atoms with Gasteiger partial charge in [-0.05, 0) is 60.3 Å². The Hall–Kier alpha value is -3.16. The molecule has 0 fully saturated rings. The van der Waals surface area contributed by atoms with Crippen molar-refractivity contribution in [3.8, 4) is 5.75 Å². The topological polar surface area (TPSA) is 61.2 Å². The molecule has 5 nitrogen and oxygen atoms in total. The number of thioether (sulfide) groups is 1. The number of carbonyl (C=O) groups excluding carboxylic acids is 1. The number of hydrogen-bond donors (Lipinski definition) is 0. The summed E-state index contributed by atoms with van der Waals surface area (Å²) in [4.78, 5) is 31.0. The van der Waals surface area contributed by atoms with Crippen LogP contribution in [-0.2, 0) is 18.2 Å². The Balaban J connectivity index is 1.55. The SMILES string of the molecule is Cc1cccc2nc(SCc3ccc(C(=O)c4ccc(C(C)(C)C)cc4O[SiH](C)C)cc3)n(C)c(=O)c12. The molecule has 0 amide bonds. The third-order valence-electron chi connectivity index (χ3n) is 6.31. The van der Waals surface area contributed by atoms with E-state index in [2.05, 4.69) is 33.9 Å². The molecule has 1 heterocycles. The highest BCUT2D eigenvalue weighted by molar-refractivity contribution is 7.98. The highest BCUT2D eigenvalue weighted by Crippen LogP contribution is 2.31. The first-order chi connectivity index (χ1) is 17.5. The highest BCUT2D eigenvalue weighted by atomic mass is 32.2. The number of ketones is 1. The van der Waals surface area contributed by atoms with Crippen molar-refractivity contribution in [2.45, 2.75) is 57.1 Å². The van der Waals surface area contributed by atoms with E-state index in [9.17, 15) is 9.59 Å². The molecule has 0 aliphatic rings. The van der Waals surface area contributed by atoms with Crippen molar-refractivity contribution in [2.24, 2.45) is 7.05 Å². The van der Waals surface area contributed by atoms with Crippen LogP contribution in [0.15, 0.2) is 70.6 Å². The number of aryl methyl sites for hydroxylation is 1. The minimum atomic E-state index is -1.39. The molecule has 0 saturated heterocycles. The summed E-state index contributed by atoms with van der Waals surface area (Å²) in [5, 5.41) is 1.33. The van der Waals surface area contributed by atoms with Gasteiger partial charge in [0.15, 0.2) is 10.9 Å². The van der Waals surface area contributed by atoms with Crippen LogP contribution in [0, 0.1) is 6.92 Å². The Morgan fingerprint density at radius 1 is 1.05 bits per heavy atom. The number of hydrogen-bond acceptors (Lipinski definition) is 5. The van der Waals surface area contributed by atoms with Crippen LogP contribution in [0.1, 0.15) is 53.4 Å². The fourth-order valence-corrected chi connectivity index (χ4v) is 5.80. The second-order valence-corrected chi connectivity index (χ2v) is 13.9. The average Bonchev–Trinajstić information content (AvgIpc) is 2.84. The van der Waals surface area contributed by atoms with Gasteiger partial charge in [0.1, 0.15) is 5.75 Å². The minimum Gasteiger partial charge on any atom is -0.546 e. The van der Waals surface area contributed by atoms with Gasteiger partial charge in [-0.25, -0.2) is 4.98 Å². The zero-order valence-electron chi connectivity index (χ0n) is 22.6. The molecule has 4 rings (SSSR count). The molecule has 192 valence electrons. The molecular weight excluding hydrogens is 496 g/mol. The standard InChI is InChI=1S/C30H34N2O3SSi/c1-19-9-8-10-24-26(19)28(34)32(5)29(31-24)36-18-20-11-13-21(14-12-20)27(33)23-16-15-22(30(2,3)4)17-25(23)35-37(6)7/h8-17,37H,18H2,1-7H3. The van der Waals surface area contributed by atoms with E-state index in [4.69, 9.17) is 9.41 Å². The van der Waals surface area contributed by atoms with E-state index < -0.39 is 9.04 Å². The number of benzene rings is 3. The van der Waals surface area contributed by atoms with Crippen molar-refractivity contribution in [3.63, 3.8) is 0 Å². The summed E-state index contributed by atoms with van der Waals surface area (Å²) in [5.74, 6) is 1.27. The summed E-state index contributed by atoms with van der Waals surface area (Å²) in [5.41, 5.74) is 5.00. The molecule has 0 unspecified atom stereocenters. The number of nitrogens with zero attached hydrogens (tertiary/aromatic N) is 2. The minimum absolute atomic E-state index is 0.0280. The second kappa shape index (κ2) is 10.7. The largest absolute Gasteiger partial charge is 0.546 e. The van der Waals surface area contributed by atoms with Crippen LogP contribution in [0.4, 0.5) is 0 Å². The molecular formula is C30H34N2O3SSi. The lowest BCUT2D eigenvalue weighted by atomic mass is 9.86. The second-order valence-electron chi connectivity index (χ2n) is 10.7. The highest BCUT2D eigenvalue weighted by Gasteiger charge is 2.21. The van der Waals surface area contributed by atoms with Crippen LogP contribution in [0.25, 0.3) is 10.9 Å². The van der Waals surface area contributed by atoms with E-state index in [1.807, 2.05) is 67.6 Å². The maximum atomic E-state index is 13.4. The predicted molar refractivity (Wildman–Crippen MR) is 156 cm³/mol. The average molecular weight is 531 g/mol. The van der Waals surface area contributed by atoms with Gasteiger partial charge in [0.25, 0.3) is 5.56 Å². The summed E-state index contributed by atoms with van der Waals surface area (Å²) >= 11 is 1.51. The van der Waals surface area contributed by atoms with Gasteiger partial charge in [-0.3, -0.25) is 14.2 Å². The van der Waals surface area contributed by atoms with E-state index in [0.29, 0.717) is 38.7 Å². The first-order valence-corrected chi connectivity index (χ1v) is 16.3. The summed E-state index contributed by atoms with van der Waals surface area (Å²) in [6.45, 7) is 12.6. The van der Waals surface area contributed by atoms with Gasteiger partial charge < -0.3 is 4.43 Å². The maximum Gasteiger partial charge on any atom is 0.262 e. The van der Waals surface area contributed by atoms with Crippen LogP contribution < -0.4 is 9.99 Å². The quantitative estimate of drug-likeness (QED) is 0.119. The van der Waals surface area contributed by atoms with E-state index in [-0.39, 0.29) is 16.8 Å². The molecule has 0 saturated carbocycles. The lowest BCUT2D eigenvalue weighted by Crippen LogP contribution is -2.20. The van der Waals surface area contributed by atoms with Crippen molar-refractivity contribution < 1.29 is 9.22 Å². The molecule has 1 aromatic heterocycles. The Labute approximate surface area is 224 Å². The van der Waals surface area contributed by atoms with Crippen molar-refractivity contribution in [1.29, 1.82) is 0 Å². The number of rotatable bonds is 7. The number of aromatic nitrogens is 2. The predicted octanol–water partition coefficient (Wildman–Crippen LogP) is 6.42. The summed E-state index contributed by atoms with van der Waals surface area (Å²) in [7, 11) is 0.365. The summed E-state index contributed by atoms with van der Waals surface area (Å²) < 4.78 is 7.78. The number of carbonyl (C=O) groups is 1. The molecule has 0 spiro atoms. The van der Waals surface area contributed by atoms with Gasteiger partial charge >= 0.3 is 0 Å². The molecule has 0 aliphatic heterocycles. The van der Waals surface area contributed by atoms with Crippen LogP contribution >= 0.6 is 11.8 Å². The molecule has 37 heavy (non-hydrogen) atoms. The molecule has 0 N–H and O–H groups in total. The van der Waals surface area contributed by atoms with E-state index in [1.54, 1.807) is 11.6 Å². The normalized spacial score (nSPS) is 11.8. The zero-order chi connectivity index (χ0) is 26.9. The molecule has 0 radical (unpaired) electrons. The van der Waals surface area contributed by atoms with E-state index in [0.717, 1.165) is 16.7 Å². The third kappa shape index (κ3) is 5.89. The Morgan fingerprint density at radius 3 is 2.41 bits per heavy atom. The summed E-state index contributed by atoms with van der Waals surface area (Å²) in [6.07, 6.45) is 0. The van der Waals surface area contributed by atoms with Gasteiger partial charge in [-0.2, -0.15) is 0 Å². The fraction of sp³-hybridized carbons (Fsp3) is 0.300. The van der Waals surface area contributed by atoms with Crippen LogP contribution in [-0.4, -0.2) is 24.4 Å². The van der Waals surface area contributed by atoms with Gasteiger partial charge in [0, 0.05) is 18.4 Å². The van der Waals surface area contributed by atoms with Gasteiger partial charge in [0.05, 0.1) is 16.5 Å². The fourth-order valence-electron chi connectivity index (χ4n) is 4.17. The zero-order valence-corrected chi connectivity index (χ0v) is 24.6.